The van der Waals surface area contributed by atoms with Crippen LogP contribution in [0.25, 0.3) is 0 Å². The second kappa shape index (κ2) is 5.10. The Labute approximate surface area is 108 Å². The van der Waals surface area contributed by atoms with Gasteiger partial charge in [-0.05, 0) is 33.6 Å². The first-order valence-electron chi connectivity index (χ1n) is 6.47. The molecule has 5 nitrogen and oxygen atoms in total. The molecule has 18 heavy (non-hydrogen) atoms. The molecule has 5 heteroatoms. The smallest absolute Gasteiger partial charge is 0.134 e. The van der Waals surface area contributed by atoms with Crippen molar-refractivity contribution in [2.24, 2.45) is 0 Å². The first kappa shape index (κ1) is 13.1. The average molecular weight is 250 g/mol. The molecule has 100 valence electrons. The second-order valence-corrected chi connectivity index (χ2v) is 5.81. The van der Waals surface area contributed by atoms with Crippen molar-refractivity contribution < 1.29 is 5.11 Å². The van der Waals surface area contributed by atoms with Crippen LogP contribution in [0.2, 0.25) is 0 Å². The van der Waals surface area contributed by atoms with Gasteiger partial charge in [0.05, 0.1) is 12.6 Å². The third-order valence-electron chi connectivity index (χ3n) is 3.04. The lowest BCUT2D eigenvalue weighted by molar-refractivity contribution is 0.266. The highest BCUT2D eigenvalue weighted by molar-refractivity contribution is 5.50. The summed E-state index contributed by atoms with van der Waals surface area (Å²) >= 11 is 0. The van der Waals surface area contributed by atoms with E-state index < -0.39 is 0 Å². The molecule has 0 saturated carbocycles. The lowest BCUT2D eigenvalue weighted by atomic mass is 10.1. The zero-order valence-electron chi connectivity index (χ0n) is 11.3. The summed E-state index contributed by atoms with van der Waals surface area (Å²) in [5.74, 6) is 1.73. The van der Waals surface area contributed by atoms with E-state index in [1.54, 1.807) is 6.33 Å². The Hall–Kier alpha value is -1.36. The van der Waals surface area contributed by atoms with E-state index in [1.807, 2.05) is 6.07 Å². The van der Waals surface area contributed by atoms with Gasteiger partial charge in [-0.2, -0.15) is 0 Å². The molecule has 1 unspecified atom stereocenters. The Morgan fingerprint density at radius 3 is 2.89 bits per heavy atom. The Balaban J connectivity index is 2.16. The maximum absolute atomic E-state index is 9.35. The van der Waals surface area contributed by atoms with E-state index in [1.165, 1.54) is 0 Å². The predicted octanol–water partition coefficient (Wildman–Crippen LogP) is 1.65. The van der Waals surface area contributed by atoms with Crippen LogP contribution in [0.15, 0.2) is 12.4 Å². The number of hydrogen-bond acceptors (Lipinski definition) is 5. The zero-order valence-corrected chi connectivity index (χ0v) is 11.3. The number of aliphatic hydroxyl groups excluding tert-OH is 1. The predicted molar refractivity (Wildman–Crippen MR) is 72.9 cm³/mol. The Bertz CT molecular complexity index is 402. The molecule has 1 saturated heterocycles. The van der Waals surface area contributed by atoms with Gasteiger partial charge in [-0.3, -0.25) is 0 Å². The SMILES string of the molecule is CC(C)(C)Nc1cc(N2CCCC2CO)ncn1. The van der Waals surface area contributed by atoms with E-state index >= 15 is 0 Å². The minimum absolute atomic E-state index is 0.0208. The summed E-state index contributed by atoms with van der Waals surface area (Å²) in [6.45, 7) is 7.44. The molecule has 0 spiro atoms. The first-order chi connectivity index (χ1) is 8.49. The van der Waals surface area contributed by atoms with E-state index in [4.69, 9.17) is 0 Å². The van der Waals surface area contributed by atoms with Crippen LogP contribution in [0.5, 0.6) is 0 Å². The van der Waals surface area contributed by atoms with Gasteiger partial charge < -0.3 is 15.3 Å². The van der Waals surface area contributed by atoms with Gasteiger partial charge in [0, 0.05) is 18.2 Å². The van der Waals surface area contributed by atoms with Crippen molar-refractivity contribution in [3.8, 4) is 0 Å². The number of anilines is 2. The quantitative estimate of drug-likeness (QED) is 0.854. The molecule has 0 aliphatic carbocycles. The summed E-state index contributed by atoms with van der Waals surface area (Å²) in [6.07, 6.45) is 3.72. The monoisotopic (exact) mass is 250 g/mol. The number of aliphatic hydroxyl groups is 1. The lowest BCUT2D eigenvalue weighted by Crippen LogP contribution is -2.33. The van der Waals surface area contributed by atoms with Crippen molar-refractivity contribution in [1.82, 2.24) is 9.97 Å². The molecule has 1 aliphatic heterocycles. The highest BCUT2D eigenvalue weighted by atomic mass is 16.3. The van der Waals surface area contributed by atoms with Gasteiger partial charge in [0.2, 0.25) is 0 Å². The van der Waals surface area contributed by atoms with Gasteiger partial charge in [0.25, 0.3) is 0 Å². The molecule has 0 aromatic carbocycles. The number of nitrogens with zero attached hydrogens (tertiary/aromatic N) is 3. The van der Waals surface area contributed by atoms with Crippen LogP contribution < -0.4 is 10.2 Å². The Morgan fingerprint density at radius 2 is 2.22 bits per heavy atom. The molecule has 1 aliphatic rings. The molecule has 2 heterocycles. The van der Waals surface area contributed by atoms with Crippen LogP contribution in [0.4, 0.5) is 11.6 Å². The average Bonchev–Trinajstić information content (AvgIpc) is 2.75. The van der Waals surface area contributed by atoms with Crippen LogP contribution in [0.3, 0.4) is 0 Å². The van der Waals surface area contributed by atoms with Gasteiger partial charge >= 0.3 is 0 Å². The van der Waals surface area contributed by atoms with Gasteiger partial charge in [-0.25, -0.2) is 9.97 Å². The number of hydrogen-bond donors (Lipinski definition) is 2. The molecule has 2 N–H and O–H groups in total. The maximum Gasteiger partial charge on any atom is 0.134 e. The van der Waals surface area contributed by atoms with Crippen LogP contribution in [-0.4, -0.2) is 39.8 Å². The van der Waals surface area contributed by atoms with Gasteiger partial charge in [-0.1, -0.05) is 0 Å². The van der Waals surface area contributed by atoms with Crippen LogP contribution >= 0.6 is 0 Å². The standard InChI is InChI=1S/C13H22N4O/c1-13(2,3)16-11-7-12(15-9-14-11)17-6-4-5-10(17)8-18/h7,9-10,18H,4-6,8H2,1-3H3,(H,14,15,16). The Kier molecular flexibility index (Phi) is 3.71. The van der Waals surface area contributed by atoms with Crippen molar-refractivity contribution in [1.29, 1.82) is 0 Å². The maximum atomic E-state index is 9.35. The molecule has 2 rings (SSSR count). The van der Waals surface area contributed by atoms with Crippen molar-refractivity contribution in [2.45, 2.75) is 45.2 Å². The third kappa shape index (κ3) is 3.10. The van der Waals surface area contributed by atoms with Gasteiger partial charge in [0.1, 0.15) is 18.0 Å². The summed E-state index contributed by atoms with van der Waals surface area (Å²) in [5, 5.41) is 12.7. The summed E-state index contributed by atoms with van der Waals surface area (Å²) in [7, 11) is 0. The third-order valence-corrected chi connectivity index (χ3v) is 3.04. The lowest BCUT2D eigenvalue weighted by Gasteiger charge is -2.26. The van der Waals surface area contributed by atoms with Gasteiger partial charge in [-0.15, -0.1) is 0 Å². The van der Waals surface area contributed by atoms with Crippen molar-refractivity contribution >= 4 is 11.6 Å². The molecule has 0 radical (unpaired) electrons. The molecule has 1 aromatic rings. The topological polar surface area (TPSA) is 61.3 Å². The molecule has 1 aromatic heterocycles. The van der Waals surface area contributed by atoms with Crippen LogP contribution in [0.1, 0.15) is 33.6 Å². The zero-order chi connectivity index (χ0) is 13.2. The van der Waals surface area contributed by atoms with E-state index in [-0.39, 0.29) is 18.2 Å². The molecule has 1 fully saturated rings. The fourth-order valence-corrected chi connectivity index (χ4v) is 2.28. The van der Waals surface area contributed by atoms with E-state index in [0.717, 1.165) is 31.0 Å². The summed E-state index contributed by atoms with van der Waals surface area (Å²) in [5.41, 5.74) is -0.0208. The van der Waals surface area contributed by atoms with Crippen LogP contribution in [0, 0.1) is 0 Å². The fourth-order valence-electron chi connectivity index (χ4n) is 2.28. The molecule has 0 bridgehead atoms. The second-order valence-electron chi connectivity index (χ2n) is 5.81. The first-order valence-corrected chi connectivity index (χ1v) is 6.47. The van der Waals surface area contributed by atoms with Crippen molar-refractivity contribution in [3.05, 3.63) is 12.4 Å². The largest absolute Gasteiger partial charge is 0.394 e. The fraction of sp³-hybridized carbons (Fsp3) is 0.692. The molecule has 1 atom stereocenters. The van der Waals surface area contributed by atoms with Crippen molar-refractivity contribution in [2.75, 3.05) is 23.4 Å². The summed E-state index contributed by atoms with van der Waals surface area (Å²) in [4.78, 5) is 10.7. The Morgan fingerprint density at radius 1 is 1.44 bits per heavy atom. The number of aromatic nitrogens is 2. The van der Waals surface area contributed by atoms with E-state index in [2.05, 4.69) is 41.0 Å². The molecular weight excluding hydrogens is 228 g/mol. The van der Waals surface area contributed by atoms with Crippen LogP contribution in [-0.2, 0) is 0 Å². The summed E-state index contributed by atoms with van der Waals surface area (Å²) < 4.78 is 0. The van der Waals surface area contributed by atoms with E-state index in [0.29, 0.717) is 0 Å². The van der Waals surface area contributed by atoms with E-state index in [9.17, 15) is 5.11 Å². The normalized spacial score (nSPS) is 20.2. The van der Waals surface area contributed by atoms with Gasteiger partial charge in [0.15, 0.2) is 0 Å². The minimum Gasteiger partial charge on any atom is -0.394 e. The number of nitrogens with one attached hydrogen (secondary N) is 1. The highest BCUT2D eigenvalue weighted by Gasteiger charge is 2.25. The molecular formula is C13H22N4O. The number of rotatable bonds is 3. The minimum atomic E-state index is -0.0208. The summed E-state index contributed by atoms with van der Waals surface area (Å²) in [6, 6.07) is 2.15. The van der Waals surface area contributed by atoms with Crippen molar-refractivity contribution in [3.63, 3.8) is 0 Å². The highest BCUT2D eigenvalue weighted by Crippen LogP contribution is 2.25. The molecule has 0 amide bonds.